The monoisotopic (exact) mass is 287 g/mol. The summed E-state index contributed by atoms with van der Waals surface area (Å²) in [4.78, 5) is 0. The Morgan fingerprint density at radius 3 is 2.00 bits per heavy atom. The van der Waals surface area contributed by atoms with E-state index in [-0.39, 0.29) is 11.1 Å². The van der Waals surface area contributed by atoms with E-state index < -0.39 is 35.1 Å². The van der Waals surface area contributed by atoms with Crippen LogP contribution in [-0.4, -0.2) is 7.05 Å². The van der Waals surface area contributed by atoms with Gasteiger partial charge in [0.2, 0.25) is 0 Å². The number of benzene rings is 2. The van der Waals surface area contributed by atoms with E-state index in [1.54, 1.807) is 0 Å². The molecule has 0 saturated carbocycles. The molecule has 106 valence electrons. The van der Waals surface area contributed by atoms with Crippen molar-refractivity contribution >= 4 is 0 Å². The van der Waals surface area contributed by atoms with E-state index >= 15 is 0 Å². The molecular weight excluding hydrogens is 277 g/mol. The first-order chi connectivity index (χ1) is 9.43. The first kappa shape index (κ1) is 14.5. The van der Waals surface area contributed by atoms with Gasteiger partial charge in [-0.2, -0.15) is 0 Å². The Labute approximate surface area is 112 Å². The molecule has 0 aromatic heterocycles. The zero-order valence-corrected chi connectivity index (χ0v) is 10.4. The first-order valence-electron chi connectivity index (χ1n) is 5.70. The van der Waals surface area contributed by atoms with Gasteiger partial charge in [-0.25, -0.2) is 22.0 Å². The van der Waals surface area contributed by atoms with Gasteiger partial charge in [0.1, 0.15) is 11.6 Å². The van der Waals surface area contributed by atoms with Crippen molar-refractivity contribution in [3.05, 3.63) is 70.5 Å². The molecule has 2 rings (SSSR count). The first-order valence-corrected chi connectivity index (χ1v) is 5.70. The average molecular weight is 287 g/mol. The number of hydrogen-bond donors (Lipinski definition) is 1. The average Bonchev–Trinajstić information content (AvgIpc) is 2.40. The zero-order chi connectivity index (χ0) is 14.9. The van der Waals surface area contributed by atoms with Gasteiger partial charge in [-0.15, -0.1) is 0 Å². The Morgan fingerprint density at radius 2 is 1.45 bits per heavy atom. The molecule has 0 amide bonds. The Morgan fingerprint density at radius 1 is 0.850 bits per heavy atom. The normalized spacial score (nSPS) is 12.5. The number of halogens is 5. The summed E-state index contributed by atoms with van der Waals surface area (Å²) in [5.74, 6) is -5.82. The molecule has 0 saturated heterocycles. The molecular formula is C14H10F5N. The highest BCUT2D eigenvalue weighted by atomic mass is 19.2. The lowest BCUT2D eigenvalue weighted by molar-refractivity contribution is 0.442. The van der Waals surface area contributed by atoms with Crippen LogP contribution in [0.1, 0.15) is 17.2 Å². The smallest absolute Gasteiger partial charge is 0.194 e. The number of hydrogen-bond acceptors (Lipinski definition) is 1. The van der Waals surface area contributed by atoms with Crippen LogP contribution in [0.15, 0.2) is 30.3 Å². The van der Waals surface area contributed by atoms with E-state index in [0.717, 1.165) is 30.3 Å². The molecule has 0 radical (unpaired) electrons. The Bertz CT molecular complexity index is 618. The topological polar surface area (TPSA) is 12.0 Å². The highest BCUT2D eigenvalue weighted by Crippen LogP contribution is 2.27. The Hall–Kier alpha value is -1.95. The third kappa shape index (κ3) is 2.65. The highest BCUT2D eigenvalue weighted by molar-refractivity contribution is 5.34. The molecule has 1 N–H and O–H groups in total. The highest BCUT2D eigenvalue weighted by Gasteiger charge is 2.20. The minimum atomic E-state index is -1.61. The van der Waals surface area contributed by atoms with Crippen molar-refractivity contribution in [1.82, 2.24) is 5.32 Å². The second-order valence-electron chi connectivity index (χ2n) is 4.19. The van der Waals surface area contributed by atoms with Crippen LogP contribution in [0.5, 0.6) is 0 Å². The van der Waals surface area contributed by atoms with Crippen LogP contribution in [0.25, 0.3) is 0 Å². The van der Waals surface area contributed by atoms with Crippen LogP contribution >= 0.6 is 0 Å². The van der Waals surface area contributed by atoms with E-state index in [9.17, 15) is 22.0 Å². The molecule has 1 unspecified atom stereocenters. The predicted molar refractivity (Wildman–Crippen MR) is 63.6 cm³/mol. The fourth-order valence-electron chi connectivity index (χ4n) is 1.98. The van der Waals surface area contributed by atoms with Gasteiger partial charge in [0.05, 0.1) is 6.04 Å². The van der Waals surface area contributed by atoms with Crippen LogP contribution in [0.3, 0.4) is 0 Å². The quantitative estimate of drug-likeness (QED) is 0.670. The Balaban J connectivity index is 2.55. The van der Waals surface area contributed by atoms with Crippen LogP contribution in [0.4, 0.5) is 22.0 Å². The minimum absolute atomic E-state index is 0.0478. The second-order valence-corrected chi connectivity index (χ2v) is 4.19. The van der Waals surface area contributed by atoms with Crippen LogP contribution in [0.2, 0.25) is 0 Å². The lowest BCUT2D eigenvalue weighted by atomic mass is 9.98. The molecule has 20 heavy (non-hydrogen) atoms. The molecule has 0 fully saturated rings. The van der Waals surface area contributed by atoms with E-state index in [1.807, 2.05) is 0 Å². The van der Waals surface area contributed by atoms with Gasteiger partial charge < -0.3 is 5.32 Å². The van der Waals surface area contributed by atoms with Crippen molar-refractivity contribution < 1.29 is 22.0 Å². The summed E-state index contributed by atoms with van der Waals surface area (Å²) in [5.41, 5.74) is -0.175. The van der Waals surface area contributed by atoms with Crippen LogP contribution in [0, 0.1) is 29.1 Å². The molecule has 1 atom stereocenters. The van der Waals surface area contributed by atoms with Gasteiger partial charge in [-0.05, 0) is 42.9 Å². The number of nitrogens with one attached hydrogen (secondary N) is 1. The molecule has 0 aliphatic carbocycles. The predicted octanol–water partition coefficient (Wildman–Crippen LogP) is 3.69. The molecule has 0 heterocycles. The van der Waals surface area contributed by atoms with Gasteiger partial charge >= 0.3 is 0 Å². The van der Waals surface area contributed by atoms with Crippen molar-refractivity contribution in [2.24, 2.45) is 0 Å². The van der Waals surface area contributed by atoms with Gasteiger partial charge in [-0.3, -0.25) is 0 Å². The Kier molecular flexibility index (Phi) is 4.04. The zero-order valence-electron chi connectivity index (χ0n) is 10.4. The summed E-state index contributed by atoms with van der Waals surface area (Å²) < 4.78 is 66.2. The summed E-state index contributed by atoms with van der Waals surface area (Å²) in [6.45, 7) is 0. The SMILES string of the molecule is CNC(c1cc(F)c(F)c(F)c1)c1cc(F)ccc1F. The fourth-order valence-corrected chi connectivity index (χ4v) is 1.98. The van der Waals surface area contributed by atoms with Crippen molar-refractivity contribution in [3.8, 4) is 0 Å². The van der Waals surface area contributed by atoms with Crippen molar-refractivity contribution in [3.63, 3.8) is 0 Å². The second kappa shape index (κ2) is 5.58. The van der Waals surface area contributed by atoms with E-state index in [4.69, 9.17) is 0 Å². The van der Waals surface area contributed by atoms with E-state index in [0.29, 0.717) is 0 Å². The lowest BCUT2D eigenvalue weighted by Gasteiger charge is -2.18. The third-order valence-electron chi connectivity index (χ3n) is 2.90. The maximum Gasteiger partial charge on any atom is 0.194 e. The third-order valence-corrected chi connectivity index (χ3v) is 2.90. The summed E-state index contributed by atoms with van der Waals surface area (Å²) in [6, 6.07) is 3.22. The van der Waals surface area contributed by atoms with Crippen molar-refractivity contribution in [1.29, 1.82) is 0 Å². The van der Waals surface area contributed by atoms with Crippen LogP contribution < -0.4 is 5.32 Å². The van der Waals surface area contributed by atoms with Gasteiger partial charge in [0, 0.05) is 5.56 Å². The van der Waals surface area contributed by atoms with Crippen molar-refractivity contribution in [2.45, 2.75) is 6.04 Å². The van der Waals surface area contributed by atoms with Gasteiger partial charge in [-0.1, -0.05) is 0 Å². The maximum absolute atomic E-state index is 13.7. The molecule has 0 aliphatic rings. The van der Waals surface area contributed by atoms with Crippen molar-refractivity contribution in [2.75, 3.05) is 7.05 Å². The molecule has 6 heteroatoms. The number of rotatable bonds is 3. The molecule has 2 aromatic carbocycles. The van der Waals surface area contributed by atoms with Gasteiger partial charge in [0.25, 0.3) is 0 Å². The summed E-state index contributed by atoms with van der Waals surface area (Å²) in [5, 5.41) is 2.61. The van der Waals surface area contributed by atoms with Gasteiger partial charge in [0.15, 0.2) is 17.5 Å². The minimum Gasteiger partial charge on any atom is -0.309 e. The molecule has 0 spiro atoms. The molecule has 1 nitrogen and oxygen atoms in total. The molecule has 0 aliphatic heterocycles. The summed E-state index contributed by atoms with van der Waals surface area (Å²) in [6.07, 6.45) is 0. The maximum atomic E-state index is 13.7. The largest absolute Gasteiger partial charge is 0.309 e. The standard InChI is InChI=1S/C14H10F5N/c1-20-14(9-6-8(15)2-3-10(9)16)7-4-11(17)13(19)12(18)5-7/h2-6,14,20H,1H3. The molecule has 2 aromatic rings. The lowest BCUT2D eigenvalue weighted by Crippen LogP contribution is -2.20. The van der Waals surface area contributed by atoms with E-state index in [2.05, 4.69) is 5.32 Å². The van der Waals surface area contributed by atoms with E-state index in [1.165, 1.54) is 7.05 Å². The summed E-state index contributed by atoms with van der Waals surface area (Å²) in [7, 11) is 1.41. The molecule has 0 bridgehead atoms. The fraction of sp³-hybridized carbons (Fsp3) is 0.143. The van der Waals surface area contributed by atoms with Crippen LogP contribution in [-0.2, 0) is 0 Å². The summed E-state index contributed by atoms with van der Waals surface area (Å²) >= 11 is 0.